The number of hydrogen-bond donors (Lipinski definition) is 2. The molecule has 0 aliphatic heterocycles. The highest BCUT2D eigenvalue weighted by Crippen LogP contribution is 2.15. The molecule has 2 N–H and O–H groups in total. The zero-order valence-corrected chi connectivity index (χ0v) is 12.6. The van der Waals surface area contributed by atoms with Gasteiger partial charge in [-0.25, -0.2) is 0 Å². The van der Waals surface area contributed by atoms with E-state index in [1.807, 2.05) is 6.92 Å². The van der Waals surface area contributed by atoms with E-state index in [9.17, 15) is 9.59 Å². The first-order valence-corrected chi connectivity index (χ1v) is 7.10. The Morgan fingerprint density at radius 3 is 2.32 bits per heavy atom. The molecule has 1 amide bonds. The Kier molecular flexibility index (Phi) is 5.19. The van der Waals surface area contributed by atoms with Gasteiger partial charge in [0.25, 0.3) is 5.91 Å². The highest BCUT2D eigenvalue weighted by molar-refractivity contribution is 5.94. The molecule has 1 heterocycles. The first-order valence-electron chi connectivity index (χ1n) is 7.10. The third kappa shape index (κ3) is 4.12. The van der Waals surface area contributed by atoms with Gasteiger partial charge in [0.15, 0.2) is 17.3 Å². The number of carbonyl (C=O) groups excluding carboxylic acids is 2. The lowest BCUT2D eigenvalue weighted by Crippen LogP contribution is -2.25. The molecule has 0 saturated carbocycles. The van der Waals surface area contributed by atoms with E-state index in [-0.39, 0.29) is 17.4 Å². The summed E-state index contributed by atoms with van der Waals surface area (Å²) in [6, 6.07) is 10.4. The van der Waals surface area contributed by atoms with E-state index in [0.29, 0.717) is 17.9 Å². The van der Waals surface area contributed by atoms with Crippen molar-refractivity contribution in [1.82, 2.24) is 15.5 Å². The van der Waals surface area contributed by atoms with E-state index >= 15 is 0 Å². The molecule has 0 aliphatic rings. The monoisotopic (exact) mass is 298 g/mol. The molecule has 0 radical (unpaired) electrons. The molecule has 2 rings (SSSR count). The fourth-order valence-electron chi connectivity index (χ4n) is 1.79. The molecule has 6 nitrogen and oxygen atoms in total. The third-order valence-electron chi connectivity index (χ3n) is 3.00. The summed E-state index contributed by atoms with van der Waals surface area (Å²) in [4.78, 5) is 22.9. The summed E-state index contributed by atoms with van der Waals surface area (Å²) < 4.78 is 0. The maximum atomic E-state index is 11.7. The van der Waals surface area contributed by atoms with Crippen molar-refractivity contribution in [1.29, 1.82) is 0 Å². The predicted octanol–water partition coefficient (Wildman–Crippen LogP) is 2.56. The van der Waals surface area contributed by atoms with Crippen molar-refractivity contribution in [2.45, 2.75) is 20.3 Å². The van der Waals surface area contributed by atoms with Gasteiger partial charge in [-0.1, -0.05) is 6.92 Å². The Bertz CT molecular complexity index is 651. The maximum Gasteiger partial charge on any atom is 0.271 e. The molecule has 0 unspecified atom stereocenters. The van der Waals surface area contributed by atoms with E-state index < -0.39 is 0 Å². The van der Waals surface area contributed by atoms with E-state index in [1.165, 1.54) is 6.92 Å². The normalized spacial score (nSPS) is 10.1. The van der Waals surface area contributed by atoms with Gasteiger partial charge in [0.2, 0.25) is 0 Å². The average molecular weight is 298 g/mol. The fourth-order valence-corrected chi connectivity index (χ4v) is 1.79. The van der Waals surface area contributed by atoms with Crippen molar-refractivity contribution < 1.29 is 9.59 Å². The number of nitrogens with one attached hydrogen (secondary N) is 2. The molecule has 0 saturated heterocycles. The van der Waals surface area contributed by atoms with Crippen molar-refractivity contribution >= 4 is 23.2 Å². The smallest absolute Gasteiger partial charge is 0.271 e. The van der Waals surface area contributed by atoms with Crippen LogP contribution >= 0.6 is 0 Å². The topological polar surface area (TPSA) is 84.0 Å². The Balaban J connectivity index is 2.01. The summed E-state index contributed by atoms with van der Waals surface area (Å²) in [5, 5.41) is 13.7. The second-order valence-electron chi connectivity index (χ2n) is 4.82. The maximum absolute atomic E-state index is 11.7. The number of hydrogen-bond acceptors (Lipinski definition) is 5. The van der Waals surface area contributed by atoms with Crippen LogP contribution in [0.1, 0.15) is 41.1 Å². The van der Waals surface area contributed by atoms with Crippen molar-refractivity contribution in [2.75, 3.05) is 11.9 Å². The number of ketones is 1. The van der Waals surface area contributed by atoms with Crippen LogP contribution in [0.3, 0.4) is 0 Å². The molecule has 0 fully saturated rings. The Morgan fingerprint density at radius 1 is 1.05 bits per heavy atom. The van der Waals surface area contributed by atoms with Gasteiger partial charge in [-0.15, -0.1) is 10.2 Å². The lowest BCUT2D eigenvalue weighted by Gasteiger charge is -2.06. The Morgan fingerprint density at radius 2 is 1.77 bits per heavy atom. The summed E-state index contributed by atoms with van der Waals surface area (Å²) in [7, 11) is 0. The standard InChI is InChI=1S/C16H18N4O2/c1-3-10-17-16(22)14-8-9-15(20-19-14)18-13-6-4-12(5-7-13)11(2)21/h4-9H,3,10H2,1-2H3,(H,17,22)(H,18,20). The number of carbonyl (C=O) groups is 2. The number of amides is 1. The second kappa shape index (κ2) is 7.31. The number of benzene rings is 1. The molecule has 0 bridgehead atoms. The number of Topliss-reactive ketones (excluding diaryl/α,β-unsaturated/α-hetero) is 1. The molecule has 6 heteroatoms. The van der Waals surface area contributed by atoms with Crippen LogP contribution in [-0.4, -0.2) is 28.4 Å². The van der Waals surface area contributed by atoms with Gasteiger partial charge in [-0.2, -0.15) is 0 Å². The van der Waals surface area contributed by atoms with Crippen LogP contribution in [0.4, 0.5) is 11.5 Å². The molecule has 1 aromatic carbocycles. The molecule has 2 aromatic rings. The minimum Gasteiger partial charge on any atom is -0.351 e. The third-order valence-corrected chi connectivity index (χ3v) is 3.00. The first-order chi connectivity index (χ1) is 10.6. The number of nitrogens with zero attached hydrogens (tertiary/aromatic N) is 2. The lowest BCUT2D eigenvalue weighted by molar-refractivity contribution is 0.0946. The summed E-state index contributed by atoms with van der Waals surface area (Å²) in [5.41, 5.74) is 1.73. The predicted molar refractivity (Wildman–Crippen MR) is 84.4 cm³/mol. The second-order valence-corrected chi connectivity index (χ2v) is 4.82. The zero-order valence-electron chi connectivity index (χ0n) is 12.6. The molecule has 114 valence electrons. The lowest BCUT2D eigenvalue weighted by atomic mass is 10.1. The molecule has 0 spiro atoms. The largest absolute Gasteiger partial charge is 0.351 e. The molecule has 0 aliphatic carbocycles. The number of anilines is 2. The number of rotatable bonds is 6. The van der Waals surface area contributed by atoms with Gasteiger partial charge in [0.1, 0.15) is 0 Å². The van der Waals surface area contributed by atoms with Gasteiger partial charge in [0, 0.05) is 17.8 Å². The summed E-state index contributed by atoms with van der Waals surface area (Å²) in [5.74, 6) is 0.322. The molecular weight excluding hydrogens is 280 g/mol. The minimum atomic E-state index is -0.230. The van der Waals surface area contributed by atoms with Gasteiger partial charge in [0.05, 0.1) is 0 Å². The Hall–Kier alpha value is -2.76. The van der Waals surface area contributed by atoms with Crippen molar-refractivity contribution in [3.05, 3.63) is 47.7 Å². The van der Waals surface area contributed by atoms with Crippen LogP contribution in [0.5, 0.6) is 0 Å². The summed E-state index contributed by atoms with van der Waals surface area (Å²) >= 11 is 0. The molecule has 1 aromatic heterocycles. The van der Waals surface area contributed by atoms with E-state index in [4.69, 9.17) is 0 Å². The minimum absolute atomic E-state index is 0.0220. The highest BCUT2D eigenvalue weighted by Gasteiger charge is 2.07. The van der Waals surface area contributed by atoms with E-state index in [2.05, 4.69) is 20.8 Å². The van der Waals surface area contributed by atoms with Gasteiger partial charge < -0.3 is 10.6 Å². The van der Waals surface area contributed by atoms with E-state index in [0.717, 1.165) is 12.1 Å². The van der Waals surface area contributed by atoms with Gasteiger partial charge in [-0.05, 0) is 49.7 Å². The van der Waals surface area contributed by atoms with Crippen LogP contribution in [0, 0.1) is 0 Å². The van der Waals surface area contributed by atoms with Crippen LogP contribution in [0.25, 0.3) is 0 Å². The first kappa shape index (κ1) is 15.6. The van der Waals surface area contributed by atoms with Crippen molar-refractivity contribution in [3.63, 3.8) is 0 Å². The molecular formula is C16H18N4O2. The molecule has 0 atom stereocenters. The highest BCUT2D eigenvalue weighted by atomic mass is 16.2. The summed E-state index contributed by atoms with van der Waals surface area (Å²) in [6.07, 6.45) is 0.870. The van der Waals surface area contributed by atoms with Gasteiger partial charge >= 0.3 is 0 Å². The Labute approximate surface area is 129 Å². The van der Waals surface area contributed by atoms with Crippen molar-refractivity contribution in [2.24, 2.45) is 0 Å². The van der Waals surface area contributed by atoms with Crippen LogP contribution in [-0.2, 0) is 0 Å². The van der Waals surface area contributed by atoms with Crippen molar-refractivity contribution in [3.8, 4) is 0 Å². The SMILES string of the molecule is CCCNC(=O)c1ccc(Nc2ccc(C(C)=O)cc2)nn1. The number of aromatic nitrogens is 2. The zero-order chi connectivity index (χ0) is 15.9. The van der Waals surface area contributed by atoms with Crippen LogP contribution in [0.15, 0.2) is 36.4 Å². The van der Waals surface area contributed by atoms with Crippen LogP contribution < -0.4 is 10.6 Å². The van der Waals surface area contributed by atoms with Crippen LogP contribution in [0.2, 0.25) is 0 Å². The van der Waals surface area contributed by atoms with E-state index in [1.54, 1.807) is 36.4 Å². The average Bonchev–Trinajstić information content (AvgIpc) is 2.54. The summed E-state index contributed by atoms with van der Waals surface area (Å²) in [6.45, 7) is 4.12. The molecule has 22 heavy (non-hydrogen) atoms. The fraction of sp³-hybridized carbons (Fsp3) is 0.250. The van der Waals surface area contributed by atoms with Gasteiger partial charge in [-0.3, -0.25) is 9.59 Å². The quantitative estimate of drug-likeness (QED) is 0.801.